The number of hydrogen-bond donors (Lipinski definition) is 2. The molecule has 2 N–H and O–H groups in total. The number of hydrogen-bond acceptors (Lipinski definition) is 3. The zero-order valence-corrected chi connectivity index (χ0v) is 14.3. The summed E-state index contributed by atoms with van der Waals surface area (Å²) in [6.07, 6.45) is 2.99. The van der Waals surface area contributed by atoms with Gasteiger partial charge in [0.15, 0.2) is 0 Å². The van der Waals surface area contributed by atoms with Gasteiger partial charge in [-0.15, -0.1) is 11.3 Å². The molecule has 2 aromatic heterocycles. The van der Waals surface area contributed by atoms with Crippen molar-refractivity contribution in [3.05, 3.63) is 52.1 Å². The summed E-state index contributed by atoms with van der Waals surface area (Å²) in [5, 5.41) is 8.25. The number of nitrogens with zero attached hydrogens (tertiary/aromatic N) is 1. The molecule has 0 saturated heterocycles. The molecule has 0 aliphatic heterocycles. The van der Waals surface area contributed by atoms with Crippen LogP contribution in [0.5, 0.6) is 0 Å². The molecular formula is C18H23N3S. The van der Waals surface area contributed by atoms with E-state index in [0.29, 0.717) is 0 Å². The van der Waals surface area contributed by atoms with Crippen molar-refractivity contribution in [2.75, 3.05) is 6.54 Å². The fraction of sp³-hybridized carbons (Fsp3) is 0.389. The van der Waals surface area contributed by atoms with Gasteiger partial charge in [0.25, 0.3) is 0 Å². The first-order valence-electron chi connectivity index (χ1n) is 7.74. The molecule has 0 atom stereocenters. The van der Waals surface area contributed by atoms with Gasteiger partial charge in [-0.25, -0.2) is 4.98 Å². The number of H-pyrrole nitrogens is 1. The van der Waals surface area contributed by atoms with Crippen LogP contribution < -0.4 is 5.32 Å². The lowest BCUT2D eigenvalue weighted by Gasteiger charge is -2.14. The van der Waals surface area contributed by atoms with Crippen molar-refractivity contribution in [3.8, 4) is 0 Å². The molecule has 1 aromatic carbocycles. The normalized spacial score (nSPS) is 12.1. The summed E-state index contributed by atoms with van der Waals surface area (Å²) in [4.78, 5) is 8.00. The summed E-state index contributed by atoms with van der Waals surface area (Å²) in [5.41, 5.74) is 3.89. The first kappa shape index (κ1) is 15.3. The number of fused-ring (bicyclic) bond motifs is 1. The molecule has 0 unspecified atom stereocenters. The molecule has 2 heterocycles. The Morgan fingerprint density at radius 3 is 2.86 bits per heavy atom. The van der Waals surface area contributed by atoms with Crippen molar-refractivity contribution < 1.29 is 0 Å². The summed E-state index contributed by atoms with van der Waals surface area (Å²) in [6.45, 7) is 8.48. The van der Waals surface area contributed by atoms with E-state index in [9.17, 15) is 0 Å². The molecule has 3 nitrogen and oxygen atoms in total. The van der Waals surface area contributed by atoms with E-state index in [-0.39, 0.29) is 5.41 Å². The molecule has 0 saturated carbocycles. The van der Waals surface area contributed by atoms with Crippen LogP contribution in [0.15, 0.2) is 35.8 Å². The van der Waals surface area contributed by atoms with Gasteiger partial charge >= 0.3 is 0 Å². The average molecular weight is 313 g/mol. The van der Waals surface area contributed by atoms with E-state index in [2.05, 4.69) is 60.7 Å². The standard InChI is InChI=1S/C18H23N3S/c1-18(2,3)16-12-22-17(21-16)8-9-19-11-13-5-4-6-15-14(13)7-10-20-15/h4-7,10,12,19-20H,8-9,11H2,1-3H3. The number of nitrogens with one attached hydrogen (secondary N) is 2. The van der Waals surface area contributed by atoms with Gasteiger partial charge in [-0.3, -0.25) is 0 Å². The van der Waals surface area contributed by atoms with Crippen LogP contribution in [0.3, 0.4) is 0 Å². The quantitative estimate of drug-likeness (QED) is 0.691. The van der Waals surface area contributed by atoms with Crippen molar-refractivity contribution in [1.29, 1.82) is 0 Å². The predicted molar refractivity (Wildman–Crippen MR) is 94.5 cm³/mol. The van der Waals surface area contributed by atoms with Gasteiger partial charge in [-0.1, -0.05) is 32.9 Å². The minimum absolute atomic E-state index is 0.145. The van der Waals surface area contributed by atoms with Crippen molar-refractivity contribution in [2.24, 2.45) is 0 Å². The molecule has 0 amide bonds. The lowest BCUT2D eigenvalue weighted by atomic mass is 9.93. The second kappa shape index (κ2) is 6.23. The molecule has 22 heavy (non-hydrogen) atoms. The van der Waals surface area contributed by atoms with Crippen molar-refractivity contribution in [2.45, 2.75) is 39.2 Å². The highest BCUT2D eigenvalue weighted by Crippen LogP contribution is 2.24. The van der Waals surface area contributed by atoms with E-state index in [1.807, 2.05) is 6.20 Å². The molecule has 0 radical (unpaired) electrons. The van der Waals surface area contributed by atoms with Gasteiger partial charge in [-0.2, -0.15) is 0 Å². The van der Waals surface area contributed by atoms with E-state index < -0.39 is 0 Å². The van der Waals surface area contributed by atoms with Crippen LogP contribution in [0, 0.1) is 0 Å². The second-order valence-electron chi connectivity index (χ2n) is 6.66. The van der Waals surface area contributed by atoms with Gasteiger partial charge in [-0.05, 0) is 17.7 Å². The van der Waals surface area contributed by atoms with E-state index in [1.165, 1.54) is 27.2 Å². The first-order valence-corrected chi connectivity index (χ1v) is 8.62. The zero-order valence-electron chi connectivity index (χ0n) is 13.4. The van der Waals surface area contributed by atoms with E-state index in [0.717, 1.165) is 19.5 Å². The third-order valence-electron chi connectivity index (χ3n) is 3.84. The van der Waals surface area contributed by atoms with Crippen molar-refractivity contribution in [3.63, 3.8) is 0 Å². The number of aromatic amines is 1. The van der Waals surface area contributed by atoms with Crippen LogP contribution in [0.1, 0.15) is 37.0 Å². The molecule has 3 aromatic rings. The third-order valence-corrected chi connectivity index (χ3v) is 4.75. The van der Waals surface area contributed by atoms with Crippen LogP contribution >= 0.6 is 11.3 Å². The van der Waals surface area contributed by atoms with Gasteiger partial charge < -0.3 is 10.3 Å². The second-order valence-corrected chi connectivity index (χ2v) is 7.60. The van der Waals surface area contributed by atoms with Crippen molar-refractivity contribution in [1.82, 2.24) is 15.3 Å². The monoisotopic (exact) mass is 313 g/mol. The maximum absolute atomic E-state index is 4.74. The Morgan fingerprint density at radius 1 is 1.23 bits per heavy atom. The molecule has 3 rings (SSSR count). The molecule has 116 valence electrons. The van der Waals surface area contributed by atoms with Crippen LogP contribution in [-0.4, -0.2) is 16.5 Å². The number of rotatable bonds is 5. The Kier molecular flexibility index (Phi) is 4.32. The van der Waals surface area contributed by atoms with Crippen LogP contribution in [0.25, 0.3) is 10.9 Å². The predicted octanol–water partition coefficient (Wildman–Crippen LogP) is 4.25. The average Bonchev–Trinajstić information content (AvgIpc) is 3.12. The summed E-state index contributed by atoms with van der Waals surface area (Å²) in [5.74, 6) is 0. The Bertz CT molecular complexity index is 749. The lowest BCUT2D eigenvalue weighted by Crippen LogP contribution is -2.17. The minimum Gasteiger partial charge on any atom is -0.361 e. The SMILES string of the molecule is CC(C)(C)c1csc(CCNCc2cccc3[nH]ccc23)n1. The molecule has 0 fully saturated rings. The largest absolute Gasteiger partial charge is 0.361 e. The molecular weight excluding hydrogens is 290 g/mol. The molecule has 0 bridgehead atoms. The van der Waals surface area contributed by atoms with E-state index >= 15 is 0 Å². The molecule has 0 spiro atoms. The Balaban J connectivity index is 1.54. The Labute approximate surface area is 135 Å². The fourth-order valence-corrected chi connectivity index (χ4v) is 3.52. The Hall–Kier alpha value is -1.65. The summed E-state index contributed by atoms with van der Waals surface area (Å²) in [7, 11) is 0. The highest BCUT2D eigenvalue weighted by molar-refractivity contribution is 7.09. The van der Waals surface area contributed by atoms with Crippen LogP contribution in [0.2, 0.25) is 0 Å². The van der Waals surface area contributed by atoms with Gasteiger partial charge in [0.2, 0.25) is 0 Å². The van der Waals surface area contributed by atoms with Crippen LogP contribution in [-0.2, 0) is 18.4 Å². The summed E-state index contributed by atoms with van der Waals surface area (Å²) < 4.78 is 0. The fourth-order valence-electron chi connectivity index (χ4n) is 2.49. The highest BCUT2D eigenvalue weighted by atomic mass is 32.1. The summed E-state index contributed by atoms with van der Waals surface area (Å²) in [6, 6.07) is 8.54. The maximum Gasteiger partial charge on any atom is 0.0941 e. The third kappa shape index (κ3) is 3.39. The highest BCUT2D eigenvalue weighted by Gasteiger charge is 2.17. The molecule has 4 heteroatoms. The number of thiazole rings is 1. The lowest BCUT2D eigenvalue weighted by molar-refractivity contribution is 0.569. The van der Waals surface area contributed by atoms with Gasteiger partial charge in [0.1, 0.15) is 0 Å². The zero-order chi connectivity index (χ0) is 15.6. The summed E-state index contributed by atoms with van der Waals surface area (Å²) >= 11 is 1.77. The van der Waals surface area contributed by atoms with Crippen LogP contribution in [0.4, 0.5) is 0 Å². The first-order chi connectivity index (χ1) is 10.5. The van der Waals surface area contributed by atoms with Crippen molar-refractivity contribution >= 4 is 22.2 Å². The molecule has 0 aliphatic rings. The number of benzene rings is 1. The topological polar surface area (TPSA) is 40.7 Å². The van der Waals surface area contributed by atoms with Gasteiger partial charge in [0, 0.05) is 47.4 Å². The van der Waals surface area contributed by atoms with E-state index in [1.54, 1.807) is 11.3 Å². The van der Waals surface area contributed by atoms with Gasteiger partial charge in [0.05, 0.1) is 10.7 Å². The van der Waals surface area contributed by atoms with E-state index in [4.69, 9.17) is 4.98 Å². The Morgan fingerprint density at radius 2 is 2.09 bits per heavy atom. The maximum atomic E-state index is 4.74. The smallest absolute Gasteiger partial charge is 0.0941 e. The number of aromatic nitrogens is 2. The minimum atomic E-state index is 0.145. The molecule has 0 aliphatic carbocycles.